The third kappa shape index (κ3) is 4.29. The highest BCUT2D eigenvalue weighted by Gasteiger charge is 2.12. The van der Waals surface area contributed by atoms with Gasteiger partial charge in [0.1, 0.15) is 0 Å². The highest BCUT2D eigenvalue weighted by molar-refractivity contribution is 7.89. The summed E-state index contributed by atoms with van der Waals surface area (Å²) >= 11 is 0. The Morgan fingerprint density at radius 3 is 2.39 bits per heavy atom. The summed E-state index contributed by atoms with van der Waals surface area (Å²) in [4.78, 5) is 0.254. The van der Waals surface area contributed by atoms with Gasteiger partial charge in [0.25, 0.3) is 0 Å². The SMILES string of the molecule is CCNS(=O)(=O)c1ccc(NC(C)CCO)cc1. The number of hydrogen-bond acceptors (Lipinski definition) is 4. The molecular weight excluding hydrogens is 252 g/mol. The predicted molar refractivity (Wildman–Crippen MR) is 72.1 cm³/mol. The van der Waals surface area contributed by atoms with Gasteiger partial charge < -0.3 is 10.4 Å². The molecule has 0 fully saturated rings. The maximum Gasteiger partial charge on any atom is 0.240 e. The van der Waals surface area contributed by atoms with Crippen molar-refractivity contribution in [2.75, 3.05) is 18.5 Å². The van der Waals surface area contributed by atoms with E-state index in [9.17, 15) is 8.42 Å². The largest absolute Gasteiger partial charge is 0.396 e. The van der Waals surface area contributed by atoms with Crippen molar-refractivity contribution in [2.24, 2.45) is 0 Å². The number of sulfonamides is 1. The molecule has 0 aromatic heterocycles. The first kappa shape index (κ1) is 14.9. The average molecular weight is 272 g/mol. The van der Waals surface area contributed by atoms with Crippen molar-refractivity contribution in [3.63, 3.8) is 0 Å². The number of benzene rings is 1. The van der Waals surface area contributed by atoms with Crippen molar-refractivity contribution in [3.8, 4) is 0 Å². The highest BCUT2D eigenvalue weighted by Crippen LogP contribution is 2.15. The normalized spacial score (nSPS) is 13.3. The summed E-state index contributed by atoms with van der Waals surface area (Å²) in [5, 5.41) is 12.0. The lowest BCUT2D eigenvalue weighted by atomic mass is 10.2. The Bertz CT molecular complexity index is 457. The van der Waals surface area contributed by atoms with Crippen LogP contribution < -0.4 is 10.0 Å². The van der Waals surface area contributed by atoms with E-state index in [1.54, 1.807) is 31.2 Å². The Balaban J connectivity index is 2.74. The van der Waals surface area contributed by atoms with E-state index in [1.165, 1.54) is 0 Å². The molecule has 0 spiro atoms. The summed E-state index contributed by atoms with van der Waals surface area (Å²) in [5.74, 6) is 0. The second-order valence-corrected chi connectivity index (χ2v) is 5.85. The van der Waals surface area contributed by atoms with Crippen LogP contribution in [0.2, 0.25) is 0 Å². The van der Waals surface area contributed by atoms with Crippen LogP contribution in [0, 0.1) is 0 Å². The maximum atomic E-state index is 11.7. The van der Waals surface area contributed by atoms with Crippen molar-refractivity contribution in [1.82, 2.24) is 4.72 Å². The smallest absolute Gasteiger partial charge is 0.240 e. The molecule has 0 aliphatic heterocycles. The molecule has 0 heterocycles. The summed E-state index contributed by atoms with van der Waals surface area (Å²) in [7, 11) is -3.38. The van der Waals surface area contributed by atoms with Gasteiger partial charge in [-0.3, -0.25) is 0 Å². The minimum absolute atomic E-state index is 0.126. The van der Waals surface area contributed by atoms with Gasteiger partial charge in [0.2, 0.25) is 10.0 Å². The Labute approximate surface area is 108 Å². The summed E-state index contributed by atoms with van der Waals surface area (Å²) in [6, 6.07) is 6.71. The fourth-order valence-electron chi connectivity index (χ4n) is 1.55. The van der Waals surface area contributed by atoms with Crippen LogP contribution in [0.25, 0.3) is 0 Å². The van der Waals surface area contributed by atoms with Crippen LogP contribution in [-0.4, -0.2) is 32.7 Å². The molecule has 1 rings (SSSR count). The second kappa shape index (κ2) is 6.72. The van der Waals surface area contributed by atoms with Gasteiger partial charge in [-0.2, -0.15) is 0 Å². The number of aliphatic hydroxyl groups excluding tert-OH is 1. The van der Waals surface area contributed by atoms with Crippen LogP contribution in [0.4, 0.5) is 5.69 Å². The van der Waals surface area contributed by atoms with E-state index in [4.69, 9.17) is 5.11 Å². The summed E-state index contributed by atoms with van der Waals surface area (Å²) in [6.45, 7) is 4.19. The van der Waals surface area contributed by atoms with Crippen LogP contribution in [0.5, 0.6) is 0 Å². The third-order valence-electron chi connectivity index (χ3n) is 2.47. The van der Waals surface area contributed by atoms with Crippen molar-refractivity contribution < 1.29 is 13.5 Å². The molecule has 0 amide bonds. The Morgan fingerprint density at radius 1 is 1.28 bits per heavy atom. The molecule has 0 bridgehead atoms. The quantitative estimate of drug-likeness (QED) is 0.696. The zero-order valence-corrected chi connectivity index (χ0v) is 11.5. The Morgan fingerprint density at radius 2 is 1.89 bits per heavy atom. The average Bonchev–Trinajstić information content (AvgIpc) is 2.30. The monoisotopic (exact) mass is 272 g/mol. The van der Waals surface area contributed by atoms with Gasteiger partial charge in [-0.25, -0.2) is 13.1 Å². The summed E-state index contributed by atoms with van der Waals surface area (Å²) in [6.07, 6.45) is 0.650. The molecule has 1 aromatic rings. The number of aliphatic hydroxyl groups is 1. The molecule has 6 heteroatoms. The molecule has 0 aliphatic carbocycles. The van der Waals surface area contributed by atoms with E-state index in [-0.39, 0.29) is 17.5 Å². The molecule has 0 radical (unpaired) electrons. The lowest BCUT2D eigenvalue weighted by Crippen LogP contribution is -2.23. The zero-order valence-electron chi connectivity index (χ0n) is 10.7. The van der Waals surface area contributed by atoms with Crippen LogP contribution in [0.3, 0.4) is 0 Å². The standard InChI is InChI=1S/C12H20N2O3S/c1-3-13-18(16,17)12-6-4-11(5-7-12)14-10(2)8-9-15/h4-7,10,13-15H,3,8-9H2,1-2H3. The minimum atomic E-state index is -3.38. The lowest BCUT2D eigenvalue weighted by molar-refractivity contribution is 0.282. The van der Waals surface area contributed by atoms with Crippen LogP contribution in [0.1, 0.15) is 20.3 Å². The van der Waals surface area contributed by atoms with Crippen LogP contribution in [-0.2, 0) is 10.0 Å². The summed E-state index contributed by atoms with van der Waals surface area (Å²) < 4.78 is 25.8. The molecule has 0 saturated carbocycles. The van der Waals surface area contributed by atoms with Gasteiger partial charge in [-0.05, 0) is 37.6 Å². The zero-order chi connectivity index (χ0) is 13.6. The van der Waals surface area contributed by atoms with Crippen LogP contribution >= 0.6 is 0 Å². The number of hydrogen-bond donors (Lipinski definition) is 3. The predicted octanol–water partition coefficient (Wildman–Crippen LogP) is 1.17. The Kier molecular flexibility index (Phi) is 5.58. The molecule has 1 aromatic carbocycles. The van der Waals surface area contributed by atoms with E-state index in [0.717, 1.165) is 5.69 Å². The first-order chi connectivity index (χ1) is 8.49. The van der Waals surface area contributed by atoms with Gasteiger partial charge >= 0.3 is 0 Å². The molecule has 1 atom stereocenters. The topological polar surface area (TPSA) is 78.4 Å². The van der Waals surface area contributed by atoms with Crippen LogP contribution in [0.15, 0.2) is 29.2 Å². The van der Waals surface area contributed by atoms with Gasteiger partial charge in [0.05, 0.1) is 4.90 Å². The van der Waals surface area contributed by atoms with Crippen molar-refractivity contribution in [1.29, 1.82) is 0 Å². The van der Waals surface area contributed by atoms with E-state index in [1.807, 2.05) is 6.92 Å². The fourth-order valence-corrected chi connectivity index (χ4v) is 2.60. The second-order valence-electron chi connectivity index (χ2n) is 4.08. The first-order valence-electron chi connectivity index (χ1n) is 5.96. The molecule has 0 saturated heterocycles. The molecule has 3 N–H and O–H groups in total. The van der Waals surface area contributed by atoms with Gasteiger partial charge in [-0.1, -0.05) is 6.92 Å². The number of nitrogens with one attached hydrogen (secondary N) is 2. The summed E-state index contributed by atoms with van der Waals surface area (Å²) in [5.41, 5.74) is 0.839. The highest BCUT2D eigenvalue weighted by atomic mass is 32.2. The van der Waals surface area contributed by atoms with Gasteiger partial charge in [0.15, 0.2) is 0 Å². The lowest BCUT2D eigenvalue weighted by Gasteiger charge is -2.14. The van der Waals surface area contributed by atoms with Crippen molar-refractivity contribution in [3.05, 3.63) is 24.3 Å². The molecular formula is C12H20N2O3S. The van der Waals surface area contributed by atoms with Crippen molar-refractivity contribution >= 4 is 15.7 Å². The van der Waals surface area contributed by atoms with E-state index in [2.05, 4.69) is 10.0 Å². The van der Waals surface area contributed by atoms with Gasteiger partial charge in [-0.15, -0.1) is 0 Å². The Hall–Kier alpha value is -1.11. The molecule has 5 nitrogen and oxygen atoms in total. The molecule has 102 valence electrons. The number of anilines is 1. The van der Waals surface area contributed by atoms with Gasteiger partial charge in [0, 0.05) is 24.9 Å². The number of rotatable bonds is 7. The van der Waals surface area contributed by atoms with E-state index >= 15 is 0 Å². The first-order valence-corrected chi connectivity index (χ1v) is 7.45. The molecule has 18 heavy (non-hydrogen) atoms. The minimum Gasteiger partial charge on any atom is -0.396 e. The fraction of sp³-hybridized carbons (Fsp3) is 0.500. The maximum absolute atomic E-state index is 11.7. The van der Waals surface area contributed by atoms with E-state index in [0.29, 0.717) is 13.0 Å². The molecule has 1 unspecified atom stereocenters. The van der Waals surface area contributed by atoms with Crippen molar-refractivity contribution in [2.45, 2.75) is 31.2 Å². The third-order valence-corrected chi connectivity index (χ3v) is 4.04. The molecule has 0 aliphatic rings. The van der Waals surface area contributed by atoms with E-state index < -0.39 is 10.0 Å².